The van der Waals surface area contributed by atoms with Gasteiger partial charge in [-0.05, 0) is 41.0 Å². The van der Waals surface area contributed by atoms with Crippen LogP contribution in [0.5, 0.6) is 0 Å². The van der Waals surface area contributed by atoms with Crippen LogP contribution in [0.2, 0.25) is 0 Å². The van der Waals surface area contributed by atoms with Gasteiger partial charge in [-0.15, -0.1) is 0 Å². The summed E-state index contributed by atoms with van der Waals surface area (Å²) in [4.78, 5) is 19.4. The molecule has 4 aromatic rings. The lowest BCUT2D eigenvalue weighted by Gasteiger charge is -2.26. The normalized spacial score (nSPS) is 14.4. The fraction of sp³-hybridized carbons (Fsp3) is 0.182. The molecular weight excluding hydrogens is 336 g/mol. The molecule has 0 radical (unpaired) electrons. The molecule has 1 aliphatic rings. The molecule has 5 heteroatoms. The van der Waals surface area contributed by atoms with Crippen molar-refractivity contribution < 1.29 is 0 Å². The molecule has 0 bridgehead atoms. The van der Waals surface area contributed by atoms with Crippen LogP contribution < -0.4 is 5.56 Å². The molecule has 0 aliphatic carbocycles. The highest BCUT2D eigenvalue weighted by atomic mass is 16.1. The first-order chi connectivity index (χ1) is 13.3. The van der Waals surface area contributed by atoms with Gasteiger partial charge < -0.3 is 0 Å². The minimum absolute atomic E-state index is 0.0223. The summed E-state index contributed by atoms with van der Waals surface area (Å²) in [6, 6.07) is 20.6. The molecular formula is C22H20N4O. The molecule has 1 N–H and O–H groups in total. The van der Waals surface area contributed by atoms with Crippen LogP contribution in [-0.2, 0) is 19.5 Å². The molecule has 2 aromatic carbocycles. The summed E-state index contributed by atoms with van der Waals surface area (Å²) >= 11 is 0. The Morgan fingerprint density at radius 3 is 2.70 bits per heavy atom. The number of benzene rings is 2. The second-order valence-corrected chi connectivity index (χ2v) is 7.04. The molecule has 0 amide bonds. The monoisotopic (exact) mass is 356 g/mol. The van der Waals surface area contributed by atoms with E-state index in [0.29, 0.717) is 5.82 Å². The lowest BCUT2D eigenvalue weighted by molar-refractivity contribution is 0.242. The topological polar surface area (TPSA) is 53.9 Å². The van der Waals surface area contributed by atoms with Crippen molar-refractivity contribution in [3.8, 4) is 5.82 Å². The Balaban J connectivity index is 1.40. The number of fused-ring (bicyclic) bond motifs is 2. The number of hydrogen-bond acceptors (Lipinski definition) is 3. The summed E-state index contributed by atoms with van der Waals surface area (Å²) in [7, 11) is 0. The third kappa shape index (κ3) is 2.96. The predicted molar refractivity (Wildman–Crippen MR) is 106 cm³/mol. The van der Waals surface area contributed by atoms with Gasteiger partial charge in [0.25, 0.3) is 5.56 Å². The molecule has 1 aliphatic heterocycles. The van der Waals surface area contributed by atoms with Crippen LogP contribution in [0, 0.1) is 0 Å². The van der Waals surface area contributed by atoms with E-state index < -0.39 is 0 Å². The van der Waals surface area contributed by atoms with Gasteiger partial charge >= 0.3 is 0 Å². The Bertz CT molecular complexity index is 1160. The third-order valence-electron chi connectivity index (χ3n) is 5.23. The lowest BCUT2D eigenvalue weighted by atomic mass is 10.0. The van der Waals surface area contributed by atoms with E-state index in [4.69, 9.17) is 0 Å². The maximum Gasteiger partial charge on any atom is 0.276 e. The second-order valence-electron chi connectivity index (χ2n) is 7.04. The van der Waals surface area contributed by atoms with Gasteiger partial charge in [0.15, 0.2) is 5.82 Å². The molecule has 27 heavy (non-hydrogen) atoms. The van der Waals surface area contributed by atoms with Crippen molar-refractivity contribution in [2.24, 2.45) is 0 Å². The molecule has 0 saturated heterocycles. The second kappa shape index (κ2) is 6.52. The Kier molecular flexibility index (Phi) is 3.87. The molecule has 0 spiro atoms. The fourth-order valence-electron chi connectivity index (χ4n) is 3.86. The smallest absolute Gasteiger partial charge is 0.276 e. The van der Waals surface area contributed by atoms with Crippen LogP contribution in [0.1, 0.15) is 16.8 Å². The number of aromatic nitrogens is 3. The van der Waals surface area contributed by atoms with Crippen molar-refractivity contribution >= 4 is 10.8 Å². The minimum atomic E-state index is 0.0223. The largest absolute Gasteiger partial charge is 0.293 e. The highest BCUT2D eigenvalue weighted by molar-refractivity contribution is 5.82. The van der Waals surface area contributed by atoms with E-state index in [1.54, 1.807) is 10.9 Å². The van der Waals surface area contributed by atoms with Gasteiger partial charge in [0.1, 0.15) is 0 Å². The highest BCUT2D eigenvalue weighted by Crippen LogP contribution is 2.20. The number of aromatic amines is 1. The highest BCUT2D eigenvalue weighted by Gasteiger charge is 2.23. The Labute approximate surface area is 156 Å². The van der Waals surface area contributed by atoms with Gasteiger partial charge in [-0.25, -0.2) is 9.67 Å². The summed E-state index contributed by atoms with van der Waals surface area (Å²) in [6.45, 7) is 2.51. The Hall–Kier alpha value is -3.18. The van der Waals surface area contributed by atoms with Crippen molar-refractivity contribution in [1.82, 2.24) is 19.7 Å². The van der Waals surface area contributed by atoms with Gasteiger partial charge in [0, 0.05) is 31.4 Å². The molecule has 0 fully saturated rings. The molecule has 0 unspecified atom stereocenters. The first-order valence-electron chi connectivity index (χ1n) is 9.22. The van der Waals surface area contributed by atoms with Gasteiger partial charge in [0.05, 0.1) is 5.69 Å². The molecule has 134 valence electrons. The van der Waals surface area contributed by atoms with Gasteiger partial charge in [-0.2, -0.15) is 0 Å². The van der Waals surface area contributed by atoms with Crippen molar-refractivity contribution in [2.75, 3.05) is 6.54 Å². The van der Waals surface area contributed by atoms with Gasteiger partial charge in [-0.3, -0.25) is 14.8 Å². The fourth-order valence-corrected chi connectivity index (χ4v) is 3.86. The molecule has 5 rings (SSSR count). The zero-order chi connectivity index (χ0) is 18.2. The van der Waals surface area contributed by atoms with Crippen LogP contribution in [0.15, 0.2) is 71.7 Å². The third-order valence-corrected chi connectivity index (χ3v) is 5.23. The van der Waals surface area contributed by atoms with E-state index in [9.17, 15) is 4.79 Å². The summed E-state index contributed by atoms with van der Waals surface area (Å²) in [6.07, 6.45) is 2.46. The number of nitrogens with zero attached hydrogens (tertiary/aromatic N) is 3. The number of hydrogen-bond donors (Lipinski definition) is 1. The Morgan fingerprint density at radius 1 is 1.00 bits per heavy atom. The molecule has 0 saturated carbocycles. The van der Waals surface area contributed by atoms with Gasteiger partial charge in [0.2, 0.25) is 0 Å². The summed E-state index contributed by atoms with van der Waals surface area (Å²) < 4.78 is 1.56. The summed E-state index contributed by atoms with van der Waals surface area (Å²) in [5.74, 6) is 0.637. The first-order valence-corrected chi connectivity index (χ1v) is 9.22. The van der Waals surface area contributed by atoms with E-state index >= 15 is 0 Å². The number of nitrogens with one attached hydrogen (secondary N) is 1. The molecule has 2 aromatic heterocycles. The first kappa shape index (κ1) is 16.0. The molecule has 3 heterocycles. The minimum Gasteiger partial charge on any atom is -0.293 e. The van der Waals surface area contributed by atoms with Crippen LogP contribution in [0.4, 0.5) is 0 Å². The van der Waals surface area contributed by atoms with E-state index in [-0.39, 0.29) is 5.56 Å². The maximum atomic E-state index is 12.7. The van der Waals surface area contributed by atoms with Crippen LogP contribution in [0.25, 0.3) is 16.6 Å². The standard InChI is InChI=1S/C22H20N4O/c27-22-19-10-12-25(14-16-8-9-17-5-1-2-6-18(17)13-16)15-20(19)24-26(22)21-7-3-4-11-23-21/h1-9,11,13,24H,10,12,14-15H2. The van der Waals surface area contributed by atoms with Crippen molar-refractivity contribution in [1.29, 1.82) is 0 Å². The van der Waals surface area contributed by atoms with E-state index in [0.717, 1.165) is 37.3 Å². The Morgan fingerprint density at radius 2 is 1.85 bits per heavy atom. The maximum absolute atomic E-state index is 12.7. The van der Waals surface area contributed by atoms with Crippen LogP contribution in [0.3, 0.4) is 0 Å². The van der Waals surface area contributed by atoms with Crippen molar-refractivity contribution in [3.05, 3.63) is 94.0 Å². The zero-order valence-corrected chi connectivity index (χ0v) is 14.9. The number of H-pyrrole nitrogens is 1. The predicted octanol–water partition coefficient (Wildman–Crippen LogP) is 3.27. The molecule has 0 atom stereocenters. The quantitative estimate of drug-likeness (QED) is 0.613. The zero-order valence-electron chi connectivity index (χ0n) is 14.9. The van der Waals surface area contributed by atoms with E-state index in [2.05, 4.69) is 57.4 Å². The van der Waals surface area contributed by atoms with Crippen molar-refractivity contribution in [2.45, 2.75) is 19.5 Å². The van der Waals surface area contributed by atoms with Crippen molar-refractivity contribution in [3.63, 3.8) is 0 Å². The SMILES string of the molecule is O=c1c2c([nH]n1-c1ccccn1)CN(Cc1ccc3ccccc3c1)CC2. The van der Waals surface area contributed by atoms with E-state index in [1.807, 2.05) is 18.2 Å². The van der Waals surface area contributed by atoms with Gasteiger partial charge in [-0.1, -0.05) is 42.5 Å². The summed E-state index contributed by atoms with van der Waals surface area (Å²) in [5.41, 5.74) is 3.20. The van der Waals surface area contributed by atoms with Crippen LogP contribution >= 0.6 is 0 Å². The van der Waals surface area contributed by atoms with Crippen LogP contribution in [-0.4, -0.2) is 26.2 Å². The molecule has 5 nitrogen and oxygen atoms in total. The van der Waals surface area contributed by atoms with E-state index in [1.165, 1.54) is 16.3 Å². The average Bonchev–Trinajstić information content (AvgIpc) is 3.04. The number of pyridine rings is 1. The summed E-state index contributed by atoms with van der Waals surface area (Å²) in [5, 5.41) is 5.79. The lowest BCUT2D eigenvalue weighted by Crippen LogP contribution is -2.31. The average molecular weight is 356 g/mol. The number of rotatable bonds is 3.